The molecule has 0 aromatic heterocycles. The molecular weight excluding hydrogens is 284 g/mol. The Morgan fingerprint density at radius 3 is 2.30 bits per heavy atom. The summed E-state index contributed by atoms with van der Waals surface area (Å²) in [6.45, 7) is 8.80. The lowest BCUT2D eigenvalue weighted by molar-refractivity contribution is -0.125. The van der Waals surface area contributed by atoms with Gasteiger partial charge < -0.3 is 5.32 Å². The molecule has 1 N–H and O–H groups in total. The highest BCUT2D eigenvalue weighted by Gasteiger charge is 2.37. The first-order valence-electron chi connectivity index (χ1n) is 9.12. The summed E-state index contributed by atoms with van der Waals surface area (Å²) in [5.74, 6) is 0.953. The molecule has 0 radical (unpaired) electrons. The fraction of sp³-hybridized carbons (Fsp3) is 0.650. The van der Waals surface area contributed by atoms with Crippen molar-refractivity contribution < 1.29 is 4.79 Å². The van der Waals surface area contributed by atoms with E-state index in [9.17, 15) is 4.79 Å². The molecule has 3 rings (SSSR count). The van der Waals surface area contributed by atoms with Crippen LogP contribution in [0.2, 0.25) is 0 Å². The van der Waals surface area contributed by atoms with E-state index >= 15 is 0 Å². The van der Waals surface area contributed by atoms with Gasteiger partial charge in [0.25, 0.3) is 0 Å². The van der Waals surface area contributed by atoms with Crippen molar-refractivity contribution in [3.63, 3.8) is 0 Å². The number of nitrogens with zero attached hydrogens (tertiary/aromatic N) is 1. The molecule has 0 aliphatic carbocycles. The predicted molar refractivity (Wildman–Crippen MR) is 94.2 cm³/mol. The van der Waals surface area contributed by atoms with E-state index in [4.69, 9.17) is 0 Å². The SMILES string of the molecule is CC(C)Cc1ccc(CN2CCC3(CCC(=O)NC3)CC2)cc1. The van der Waals surface area contributed by atoms with Crippen molar-refractivity contribution in [2.24, 2.45) is 11.3 Å². The molecule has 2 aliphatic heterocycles. The minimum Gasteiger partial charge on any atom is -0.356 e. The van der Waals surface area contributed by atoms with Crippen LogP contribution in [0.5, 0.6) is 0 Å². The lowest BCUT2D eigenvalue weighted by Gasteiger charge is -2.44. The number of nitrogens with one attached hydrogen (secondary N) is 1. The second-order valence-corrected chi connectivity index (χ2v) is 7.97. The second-order valence-electron chi connectivity index (χ2n) is 7.97. The Bertz CT molecular complexity index is 515. The van der Waals surface area contributed by atoms with Gasteiger partial charge in [0.2, 0.25) is 5.91 Å². The van der Waals surface area contributed by atoms with Crippen molar-refractivity contribution in [1.29, 1.82) is 0 Å². The summed E-state index contributed by atoms with van der Waals surface area (Å²) in [6.07, 6.45) is 5.41. The van der Waals surface area contributed by atoms with Gasteiger partial charge in [-0.25, -0.2) is 0 Å². The lowest BCUT2D eigenvalue weighted by atomic mass is 9.73. The molecule has 2 aliphatic rings. The van der Waals surface area contributed by atoms with E-state index in [1.165, 1.54) is 24.0 Å². The van der Waals surface area contributed by atoms with Gasteiger partial charge in [-0.15, -0.1) is 0 Å². The van der Waals surface area contributed by atoms with Gasteiger partial charge in [0, 0.05) is 19.5 Å². The number of carbonyl (C=O) groups excluding carboxylic acids is 1. The maximum Gasteiger partial charge on any atom is 0.220 e. The highest BCUT2D eigenvalue weighted by Crippen LogP contribution is 2.37. The first kappa shape index (κ1) is 16.5. The van der Waals surface area contributed by atoms with E-state index in [2.05, 4.69) is 48.3 Å². The maximum absolute atomic E-state index is 11.4. The molecule has 2 heterocycles. The highest BCUT2D eigenvalue weighted by molar-refractivity contribution is 5.76. The Morgan fingerprint density at radius 2 is 1.74 bits per heavy atom. The summed E-state index contributed by atoms with van der Waals surface area (Å²) in [7, 11) is 0. The first-order valence-corrected chi connectivity index (χ1v) is 9.12. The molecule has 0 atom stereocenters. The van der Waals surface area contributed by atoms with Crippen LogP contribution in [0.4, 0.5) is 0 Å². The van der Waals surface area contributed by atoms with Gasteiger partial charge in [0.1, 0.15) is 0 Å². The van der Waals surface area contributed by atoms with Crippen molar-refractivity contribution in [2.45, 2.75) is 52.5 Å². The summed E-state index contributed by atoms with van der Waals surface area (Å²) < 4.78 is 0. The predicted octanol–water partition coefficient (Wildman–Crippen LogP) is 3.38. The van der Waals surface area contributed by atoms with Crippen LogP contribution in [-0.2, 0) is 17.8 Å². The fourth-order valence-electron chi connectivity index (χ4n) is 3.96. The summed E-state index contributed by atoms with van der Waals surface area (Å²) in [6, 6.07) is 9.17. The molecule has 1 amide bonds. The summed E-state index contributed by atoms with van der Waals surface area (Å²) >= 11 is 0. The van der Waals surface area contributed by atoms with Crippen LogP contribution in [-0.4, -0.2) is 30.4 Å². The smallest absolute Gasteiger partial charge is 0.220 e. The maximum atomic E-state index is 11.4. The Morgan fingerprint density at radius 1 is 1.09 bits per heavy atom. The van der Waals surface area contributed by atoms with Gasteiger partial charge in [0.05, 0.1) is 0 Å². The Balaban J connectivity index is 1.49. The number of hydrogen-bond acceptors (Lipinski definition) is 2. The van der Waals surface area contributed by atoms with Crippen LogP contribution in [0.1, 0.15) is 50.7 Å². The molecular formula is C20H30N2O. The van der Waals surface area contributed by atoms with Crippen molar-refractivity contribution in [1.82, 2.24) is 10.2 Å². The third-order valence-electron chi connectivity index (χ3n) is 5.53. The molecule has 3 nitrogen and oxygen atoms in total. The van der Waals surface area contributed by atoms with E-state index < -0.39 is 0 Å². The van der Waals surface area contributed by atoms with Crippen LogP contribution < -0.4 is 5.32 Å². The number of carbonyl (C=O) groups is 1. The van der Waals surface area contributed by atoms with Crippen molar-refractivity contribution in [3.05, 3.63) is 35.4 Å². The van der Waals surface area contributed by atoms with Crippen molar-refractivity contribution in [3.8, 4) is 0 Å². The van der Waals surface area contributed by atoms with E-state index in [0.717, 1.165) is 51.4 Å². The van der Waals surface area contributed by atoms with Crippen molar-refractivity contribution in [2.75, 3.05) is 19.6 Å². The van der Waals surface area contributed by atoms with Gasteiger partial charge in [0.15, 0.2) is 0 Å². The average molecular weight is 314 g/mol. The van der Waals surface area contributed by atoms with Crippen LogP contribution in [0, 0.1) is 11.3 Å². The topological polar surface area (TPSA) is 32.3 Å². The summed E-state index contributed by atoms with van der Waals surface area (Å²) in [4.78, 5) is 13.9. The standard InChI is InChI=1S/C20H30N2O/c1-16(2)13-17-3-5-18(6-4-17)14-22-11-9-20(10-12-22)8-7-19(23)21-15-20/h3-6,16H,7-15H2,1-2H3,(H,21,23). The zero-order valence-electron chi connectivity index (χ0n) is 14.6. The lowest BCUT2D eigenvalue weighted by Crippen LogP contribution is -2.49. The molecule has 2 saturated heterocycles. The highest BCUT2D eigenvalue weighted by atomic mass is 16.1. The Labute approximate surface area is 140 Å². The zero-order valence-corrected chi connectivity index (χ0v) is 14.6. The van der Waals surface area contributed by atoms with Gasteiger partial charge >= 0.3 is 0 Å². The number of piperidine rings is 2. The molecule has 0 unspecified atom stereocenters. The molecule has 0 saturated carbocycles. The zero-order chi connectivity index (χ0) is 16.3. The molecule has 1 aromatic rings. The molecule has 23 heavy (non-hydrogen) atoms. The number of benzene rings is 1. The van der Waals surface area contributed by atoms with Crippen LogP contribution in [0.25, 0.3) is 0 Å². The fourth-order valence-corrected chi connectivity index (χ4v) is 3.96. The van der Waals surface area contributed by atoms with Crippen LogP contribution in [0.3, 0.4) is 0 Å². The summed E-state index contributed by atoms with van der Waals surface area (Å²) in [5, 5.41) is 3.07. The van der Waals surface area contributed by atoms with E-state index in [1.54, 1.807) is 0 Å². The molecule has 1 spiro atoms. The average Bonchev–Trinajstić information content (AvgIpc) is 2.54. The van der Waals surface area contributed by atoms with Gasteiger partial charge in [-0.2, -0.15) is 0 Å². The Hall–Kier alpha value is -1.35. The van der Waals surface area contributed by atoms with Crippen molar-refractivity contribution >= 4 is 5.91 Å². The third kappa shape index (κ3) is 4.35. The molecule has 3 heteroatoms. The third-order valence-corrected chi connectivity index (χ3v) is 5.53. The van der Waals surface area contributed by atoms with Gasteiger partial charge in [-0.05, 0) is 61.2 Å². The molecule has 2 fully saturated rings. The van der Waals surface area contributed by atoms with E-state index in [0.29, 0.717) is 5.41 Å². The number of likely N-dealkylation sites (tertiary alicyclic amines) is 1. The monoisotopic (exact) mass is 314 g/mol. The quantitative estimate of drug-likeness (QED) is 0.924. The first-order chi connectivity index (χ1) is 11.0. The summed E-state index contributed by atoms with van der Waals surface area (Å²) in [5.41, 5.74) is 3.25. The number of rotatable bonds is 4. The number of hydrogen-bond donors (Lipinski definition) is 1. The van der Waals surface area contributed by atoms with Gasteiger partial charge in [-0.1, -0.05) is 38.1 Å². The van der Waals surface area contributed by atoms with E-state index in [1.807, 2.05) is 0 Å². The van der Waals surface area contributed by atoms with Crippen LogP contribution >= 0.6 is 0 Å². The number of amides is 1. The van der Waals surface area contributed by atoms with Crippen LogP contribution in [0.15, 0.2) is 24.3 Å². The largest absolute Gasteiger partial charge is 0.356 e. The second kappa shape index (κ2) is 7.04. The van der Waals surface area contributed by atoms with E-state index in [-0.39, 0.29) is 5.91 Å². The minimum absolute atomic E-state index is 0.236. The van der Waals surface area contributed by atoms with Gasteiger partial charge in [-0.3, -0.25) is 9.69 Å². The molecule has 0 bridgehead atoms. The normalized spacial score (nSPS) is 21.6. The Kier molecular flexibility index (Phi) is 5.05. The molecule has 1 aromatic carbocycles. The molecule has 126 valence electrons. The minimum atomic E-state index is 0.236.